The highest BCUT2D eigenvalue weighted by Crippen LogP contribution is 2.33. The van der Waals surface area contributed by atoms with Crippen molar-refractivity contribution in [2.75, 3.05) is 0 Å². The maximum atomic E-state index is 3.53. The molecule has 0 aromatic heterocycles. The topological polar surface area (TPSA) is 12.0 Å². The van der Waals surface area contributed by atoms with Gasteiger partial charge in [-0.3, -0.25) is 0 Å². The summed E-state index contributed by atoms with van der Waals surface area (Å²) in [5.41, 5.74) is 5.36. The first-order valence-electron chi connectivity index (χ1n) is 7.53. The molecule has 0 bridgehead atoms. The molecule has 0 spiro atoms. The summed E-state index contributed by atoms with van der Waals surface area (Å²) < 4.78 is 0. The number of nitrogens with one attached hydrogen (secondary N) is 1. The minimum absolute atomic E-state index is 0.504. The Hall–Kier alpha value is -1.25. The largest absolute Gasteiger partial charge is 0.310 e. The Kier molecular flexibility index (Phi) is 5.49. The Morgan fingerprint density at radius 1 is 0.905 bits per heavy atom. The molecule has 2 aromatic rings. The van der Waals surface area contributed by atoms with Gasteiger partial charge in [0, 0.05) is 22.4 Å². The summed E-state index contributed by atoms with van der Waals surface area (Å²) in [4.78, 5) is 2.70. The highest BCUT2D eigenvalue weighted by Gasteiger charge is 2.08. The molecule has 0 heterocycles. The highest BCUT2D eigenvalue weighted by molar-refractivity contribution is 7.99. The van der Waals surface area contributed by atoms with Crippen molar-refractivity contribution in [3.63, 3.8) is 0 Å². The molecule has 0 saturated heterocycles. The van der Waals surface area contributed by atoms with E-state index in [4.69, 9.17) is 0 Å². The minimum Gasteiger partial charge on any atom is -0.310 e. The van der Waals surface area contributed by atoms with Gasteiger partial charge < -0.3 is 5.32 Å². The summed E-state index contributed by atoms with van der Waals surface area (Å²) in [5.74, 6) is 0. The maximum Gasteiger partial charge on any atom is 0.0219 e. The molecule has 0 unspecified atom stereocenters. The molecule has 112 valence electrons. The molecule has 0 fully saturated rings. The van der Waals surface area contributed by atoms with Gasteiger partial charge in [-0.15, -0.1) is 0 Å². The van der Waals surface area contributed by atoms with E-state index in [1.165, 1.54) is 32.0 Å². The van der Waals surface area contributed by atoms with E-state index in [0.29, 0.717) is 6.04 Å². The number of aryl methyl sites for hydroxylation is 3. The molecule has 0 aliphatic carbocycles. The van der Waals surface area contributed by atoms with E-state index in [2.05, 4.69) is 76.3 Å². The Bertz CT molecular complexity index is 617. The third kappa shape index (κ3) is 4.62. The van der Waals surface area contributed by atoms with E-state index in [1.54, 1.807) is 0 Å². The second kappa shape index (κ2) is 7.15. The monoisotopic (exact) mass is 299 g/mol. The van der Waals surface area contributed by atoms with Crippen LogP contribution in [0.3, 0.4) is 0 Å². The van der Waals surface area contributed by atoms with Gasteiger partial charge in [-0.2, -0.15) is 0 Å². The van der Waals surface area contributed by atoms with Gasteiger partial charge in [-0.1, -0.05) is 55.4 Å². The van der Waals surface area contributed by atoms with Crippen molar-refractivity contribution in [3.05, 3.63) is 58.7 Å². The fourth-order valence-corrected chi connectivity index (χ4v) is 3.30. The summed E-state index contributed by atoms with van der Waals surface area (Å²) in [6.07, 6.45) is 0. The number of rotatable bonds is 5. The molecule has 0 aliphatic rings. The molecule has 0 aliphatic heterocycles. The van der Waals surface area contributed by atoms with Crippen LogP contribution in [0.4, 0.5) is 0 Å². The Morgan fingerprint density at radius 2 is 1.57 bits per heavy atom. The van der Waals surface area contributed by atoms with Gasteiger partial charge >= 0.3 is 0 Å². The summed E-state index contributed by atoms with van der Waals surface area (Å²) in [6, 6.07) is 13.9. The van der Waals surface area contributed by atoms with Crippen LogP contribution in [0.15, 0.2) is 46.2 Å². The average Bonchev–Trinajstić information content (AvgIpc) is 2.43. The Labute approximate surface area is 133 Å². The van der Waals surface area contributed by atoms with Crippen molar-refractivity contribution in [2.24, 2.45) is 0 Å². The first-order valence-corrected chi connectivity index (χ1v) is 8.35. The third-order valence-electron chi connectivity index (χ3n) is 3.48. The molecule has 2 rings (SSSR count). The van der Waals surface area contributed by atoms with Gasteiger partial charge in [0.1, 0.15) is 0 Å². The average molecular weight is 299 g/mol. The van der Waals surface area contributed by atoms with Crippen LogP contribution in [0, 0.1) is 20.8 Å². The first-order chi connectivity index (χ1) is 9.95. The number of benzene rings is 2. The van der Waals surface area contributed by atoms with Crippen LogP contribution in [-0.4, -0.2) is 6.04 Å². The number of hydrogen-bond acceptors (Lipinski definition) is 2. The number of hydrogen-bond donors (Lipinski definition) is 1. The SMILES string of the molecule is Cc1ccc(Sc2cc(C)ccc2C)c(CNC(C)C)c1. The van der Waals surface area contributed by atoms with Crippen LogP contribution in [0.25, 0.3) is 0 Å². The Balaban J connectivity index is 2.28. The van der Waals surface area contributed by atoms with E-state index >= 15 is 0 Å². The molecule has 0 amide bonds. The zero-order valence-corrected chi connectivity index (χ0v) is 14.5. The van der Waals surface area contributed by atoms with E-state index in [1.807, 2.05) is 11.8 Å². The molecule has 1 N–H and O–H groups in total. The molecule has 21 heavy (non-hydrogen) atoms. The summed E-state index contributed by atoms with van der Waals surface area (Å²) >= 11 is 1.88. The highest BCUT2D eigenvalue weighted by atomic mass is 32.2. The van der Waals surface area contributed by atoms with Crippen LogP contribution in [0.5, 0.6) is 0 Å². The predicted octanol–water partition coefficient (Wildman–Crippen LogP) is 5.26. The van der Waals surface area contributed by atoms with Crippen molar-refractivity contribution < 1.29 is 0 Å². The molecule has 2 aromatic carbocycles. The van der Waals surface area contributed by atoms with Crippen LogP contribution in [0.2, 0.25) is 0 Å². The van der Waals surface area contributed by atoms with Crippen molar-refractivity contribution >= 4 is 11.8 Å². The molecule has 0 saturated carbocycles. The van der Waals surface area contributed by atoms with Crippen molar-refractivity contribution in [3.8, 4) is 0 Å². The van der Waals surface area contributed by atoms with Crippen LogP contribution < -0.4 is 5.32 Å². The lowest BCUT2D eigenvalue weighted by atomic mass is 10.1. The van der Waals surface area contributed by atoms with E-state index in [0.717, 1.165) is 6.54 Å². The molecule has 1 nitrogen and oxygen atoms in total. The molecular weight excluding hydrogens is 274 g/mol. The van der Waals surface area contributed by atoms with Crippen molar-refractivity contribution in [2.45, 2.75) is 57.0 Å². The lowest BCUT2D eigenvalue weighted by molar-refractivity contribution is 0.584. The zero-order chi connectivity index (χ0) is 15.4. The summed E-state index contributed by atoms with van der Waals surface area (Å²) in [5, 5.41) is 3.53. The standard InChI is InChI=1S/C19H25NS/c1-13(2)20-12-17-10-14(3)7-9-18(17)21-19-11-15(4)6-8-16(19)5/h6-11,13,20H,12H2,1-5H3. The quantitative estimate of drug-likeness (QED) is 0.808. The lowest BCUT2D eigenvalue weighted by Gasteiger charge is -2.14. The molecular formula is C19H25NS. The molecule has 2 heteroatoms. The fourth-order valence-electron chi connectivity index (χ4n) is 2.20. The summed E-state index contributed by atoms with van der Waals surface area (Å²) in [7, 11) is 0. The van der Waals surface area contributed by atoms with Gasteiger partial charge in [0.05, 0.1) is 0 Å². The van der Waals surface area contributed by atoms with Gasteiger partial charge in [0.25, 0.3) is 0 Å². The van der Waals surface area contributed by atoms with Gasteiger partial charge in [0.15, 0.2) is 0 Å². The summed E-state index contributed by atoms with van der Waals surface area (Å²) in [6.45, 7) is 11.8. The van der Waals surface area contributed by atoms with E-state index in [9.17, 15) is 0 Å². The lowest BCUT2D eigenvalue weighted by Crippen LogP contribution is -2.22. The van der Waals surface area contributed by atoms with Crippen molar-refractivity contribution in [1.82, 2.24) is 5.32 Å². The van der Waals surface area contributed by atoms with Crippen LogP contribution >= 0.6 is 11.8 Å². The van der Waals surface area contributed by atoms with E-state index < -0.39 is 0 Å². The van der Waals surface area contributed by atoms with Gasteiger partial charge in [-0.05, 0) is 49.6 Å². The fraction of sp³-hybridized carbons (Fsp3) is 0.368. The second-order valence-corrected chi connectivity index (χ2v) is 7.10. The van der Waals surface area contributed by atoms with Gasteiger partial charge in [0.2, 0.25) is 0 Å². The Morgan fingerprint density at radius 3 is 2.29 bits per heavy atom. The first kappa shape index (κ1) is 16.1. The second-order valence-electron chi connectivity index (χ2n) is 6.02. The minimum atomic E-state index is 0.504. The zero-order valence-electron chi connectivity index (χ0n) is 13.7. The third-order valence-corrected chi connectivity index (χ3v) is 4.76. The predicted molar refractivity (Wildman–Crippen MR) is 93.2 cm³/mol. The molecule has 0 atom stereocenters. The van der Waals surface area contributed by atoms with E-state index in [-0.39, 0.29) is 0 Å². The molecule has 0 radical (unpaired) electrons. The maximum absolute atomic E-state index is 3.53. The van der Waals surface area contributed by atoms with Crippen LogP contribution in [-0.2, 0) is 6.54 Å². The van der Waals surface area contributed by atoms with Crippen LogP contribution in [0.1, 0.15) is 36.1 Å². The van der Waals surface area contributed by atoms with Gasteiger partial charge in [-0.25, -0.2) is 0 Å². The van der Waals surface area contributed by atoms with Crippen molar-refractivity contribution in [1.29, 1.82) is 0 Å². The smallest absolute Gasteiger partial charge is 0.0219 e. The normalized spacial score (nSPS) is 11.1.